The van der Waals surface area contributed by atoms with E-state index in [1.165, 1.54) is 35.8 Å². The molecule has 0 bridgehead atoms. The number of aryl methyl sites for hydroxylation is 4. The van der Waals surface area contributed by atoms with Crippen molar-refractivity contribution in [2.75, 3.05) is 14.2 Å². The van der Waals surface area contributed by atoms with Gasteiger partial charge in [0.25, 0.3) is 0 Å². The first-order valence-corrected chi connectivity index (χ1v) is 10.5. The summed E-state index contributed by atoms with van der Waals surface area (Å²) in [4.78, 5) is 19.6. The Hall–Kier alpha value is -2.40. The molecular weight excluding hydrogens is 370 g/mol. The maximum atomic E-state index is 12.2. The lowest BCUT2D eigenvalue weighted by Crippen LogP contribution is -2.09. The monoisotopic (exact) mass is 395 g/mol. The van der Waals surface area contributed by atoms with E-state index in [2.05, 4.69) is 25.1 Å². The number of fused-ring (bicyclic) bond motifs is 3. The number of hydrogen-bond donors (Lipinski definition) is 0. The largest absolute Gasteiger partial charge is 0.496 e. The zero-order valence-electron chi connectivity index (χ0n) is 16.8. The number of hydrogen-bond acceptors (Lipinski definition) is 5. The Kier molecular flexibility index (Phi) is 5.11. The highest BCUT2D eigenvalue weighted by molar-refractivity contribution is 7.19. The van der Waals surface area contributed by atoms with Crippen molar-refractivity contribution in [2.45, 2.75) is 46.0 Å². The third-order valence-electron chi connectivity index (χ3n) is 5.59. The predicted molar refractivity (Wildman–Crippen MR) is 113 cm³/mol. The molecule has 146 valence electrons. The summed E-state index contributed by atoms with van der Waals surface area (Å²) in [6.45, 7) is 4.04. The molecule has 3 aromatic rings. The minimum Gasteiger partial charge on any atom is -0.496 e. The topological polar surface area (TPSA) is 48.4 Å². The summed E-state index contributed by atoms with van der Waals surface area (Å²) in [5.74, 6) is 0.578. The van der Waals surface area contributed by atoms with Gasteiger partial charge in [-0.15, -0.1) is 11.3 Å². The molecular formula is C23H25NO3S. The minimum atomic E-state index is -0.249. The summed E-state index contributed by atoms with van der Waals surface area (Å²) >= 11 is 1.80. The highest BCUT2D eigenvalue weighted by atomic mass is 32.1. The molecule has 0 fully saturated rings. The van der Waals surface area contributed by atoms with Gasteiger partial charge in [0, 0.05) is 27.1 Å². The number of ether oxygens (including phenoxy) is 2. The number of nitrogens with zero attached hydrogens (tertiary/aromatic N) is 1. The third kappa shape index (κ3) is 3.18. The van der Waals surface area contributed by atoms with E-state index in [-0.39, 0.29) is 12.4 Å². The maximum absolute atomic E-state index is 12.2. The van der Waals surface area contributed by atoms with Crippen molar-refractivity contribution in [3.05, 3.63) is 45.5 Å². The van der Waals surface area contributed by atoms with E-state index in [9.17, 15) is 4.79 Å². The average molecular weight is 396 g/mol. The molecule has 0 atom stereocenters. The fraction of sp³-hybridized carbons (Fsp3) is 0.391. The third-order valence-corrected chi connectivity index (χ3v) is 6.77. The van der Waals surface area contributed by atoms with E-state index < -0.39 is 0 Å². The van der Waals surface area contributed by atoms with E-state index in [1.807, 2.05) is 6.92 Å². The Morgan fingerprint density at radius 1 is 1.18 bits per heavy atom. The molecule has 0 spiro atoms. The first kappa shape index (κ1) is 18.9. The molecule has 0 amide bonds. The fourth-order valence-electron chi connectivity index (χ4n) is 4.17. The van der Waals surface area contributed by atoms with Gasteiger partial charge in [-0.3, -0.25) is 4.79 Å². The molecule has 0 saturated heterocycles. The van der Waals surface area contributed by atoms with Gasteiger partial charge in [0.1, 0.15) is 10.6 Å². The van der Waals surface area contributed by atoms with E-state index in [1.54, 1.807) is 18.4 Å². The minimum absolute atomic E-state index is 0.211. The van der Waals surface area contributed by atoms with Crippen LogP contribution >= 0.6 is 11.3 Å². The molecule has 5 heteroatoms. The van der Waals surface area contributed by atoms with Crippen molar-refractivity contribution in [3.8, 4) is 16.9 Å². The fourth-order valence-corrected chi connectivity index (χ4v) is 5.49. The van der Waals surface area contributed by atoms with Gasteiger partial charge in [0.2, 0.25) is 0 Å². The lowest BCUT2D eigenvalue weighted by atomic mass is 9.88. The normalized spacial score (nSPS) is 13.4. The van der Waals surface area contributed by atoms with Crippen LogP contribution in [0.4, 0.5) is 0 Å². The molecule has 0 radical (unpaired) electrons. The van der Waals surface area contributed by atoms with Gasteiger partial charge in [-0.1, -0.05) is 12.1 Å². The first-order valence-electron chi connectivity index (χ1n) is 9.69. The lowest BCUT2D eigenvalue weighted by Gasteiger charge is -2.18. The van der Waals surface area contributed by atoms with Crippen molar-refractivity contribution >= 4 is 27.5 Å². The second-order valence-electron chi connectivity index (χ2n) is 7.40. The second-order valence-corrected chi connectivity index (χ2v) is 8.48. The van der Waals surface area contributed by atoms with E-state index in [0.717, 1.165) is 51.4 Å². The van der Waals surface area contributed by atoms with Crippen LogP contribution in [0.5, 0.6) is 5.75 Å². The van der Waals surface area contributed by atoms with Crippen molar-refractivity contribution in [3.63, 3.8) is 0 Å². The Labute approximate surface area is 169 Å². The van der Waals surface area contributed by atoms with Gasteiger partial charge < -0.3 is 9.47 Å². The van der Waals surface area contributed by atoms with Crippen LogP contribution in [0.25, 0.3) is 21.3 Å². The highest BCUT2D eigenvalue weighted by Gasteiger charge is 2.26. The average Bonchev–Trinajstić information content (AvgIpc) is 3.06. The zero-order chi connectivity index (χ0) is 19.8. The van der Waals surface area contributed by atoms with Crippen LogP contribution in [-0.4, -0.2) is 25.2 Å². The molecule has 1 aliphatic rings. The quantitative estimate of drug-likeness (QED) is 0.571. The van der Waals surface area contributed by atoms with Gasteiger partial charge in [0.05, 0.1) is 20.6 Å². The molecule has 28 heavy (non-hydrogen) atoms. The maximum Gasteiger partial charge on any atom is 0.310 e. The Morgan fingerprint density at radius 3 is 2.71 bits per heavy atom. The van der Waals surface area contributed by atoms with Crippen molar-refractivity contribution < 1.29 is 14.3 Å². The summed E-state index contributed by atoms with van der Waals surface area (Å²) in [7, 11) is 3.13. The summed E-state index contributed by atoms with van der Waals surface area (Å²) < 4.78 is 10.7. The summed E-state index contributed by atoms with van der Waals surface area (Å²) in [6, 6.07) is 6.26. The second kappa shape index (κ2) is 7.55. The molecule has 2 heterocycles. The molecule has 0 N–H and O–H groups in total. The van der Waals surface area contributed by atoms with Crippen LogP contribution in [0, 0.1) is 13.8 Å². The van der Waals surface area contributed by atoms with Gasteiger partial charge in [-0.2, -0.15) is 0 Å². The van der Waals surface area contributed by atoms with Crippen molar-refractivity contribution in [2.24, 2.45) is 0 Å². The van der Waals surface area contributed by atoms with E-state index >= 15 is 0 Å². The number of pyridine rings is 1. The smallest absolute Gasteiger partial charge is 0.310 e. The number of benzene rings is 1. The van der Waals surface area contributed by atoms with E-state index in [4.69, 9.17) is 14.5 Å². The number of carbonyl (C=O) groups is 1. The number of esters is 1. The van der Waals surface area contributed by atoms with Crippen LogP contribution in [0.15, 0.2) is 18.2 Å². The standard InChI is InChI=1S/C23H25NO3S/c1-13-9-10-15(18(11-13)26-3)21-17(12-20(25)27-4)14(2)24-23-22(21)16-7-5-6-8-19(16)28-23/h9-11H,5-8,12H2,1-4H3. The van der Waals surface area contributed by atoms with E-state index in [0.29, 0.717) is 0 Å². The van der Waals surface area contributed by atoms with Gasteiger partial charge in [0.15, 0.2) is 0 Å². The molecule has 1 aromatic carbocycles. The number of carbonyl (C=O) groups excluding carboxylic acids is 1. The molecule has 1 aliphatic carbocycles. The molecule has 0 unspecified atom stereocenters. The van der Waals surface area contributed by atoms with Crippen molar-refractivity contribution in [1.29, 1.82) is 0 Å². The zero-order valence-corrected chi connectivity index (χ0v) is 17.7. The molecule has 2 aromatic heterocycles. The SMILES string of the molecule is COC(=O)Cc1c(C)nc2sc3c(c2c1-c1ccc(C)cc1OC)CCCC3. The molecule has 0 aliphatic heterocycles. The predicted octanol–water partition coefficient (Wildman–Crippen LogP) is 5.18. The lowest BCUT2D eigenvalue weighted by molar-refractivity contribution is -0.139. The number of rotatable bonds is 4. The van der Waals surface area contributed by atoms with Crippen LogP contribution in [0.2, 0.25) is 0 Å². The number of thiophene rings is 1. The summed E-state index contributed by atoms with van der Waals surface area (Å²) in [6.07, 6.45) is 4.83. The van der Waals surface area contributed by atoms with Crippen molar-refractivity contribution in [1.82, 2.24) is 4.98 Å². The first-order chi connectivity index (χ1) is 13.5. The van der Waals surface area contributed by atoms with Gasteiger partial charge in [-0.05, 0) is 62.3 Å². The van der Waals surface area contributed by atoms with Crippen LogP contribution < -0.4 is 4.74 Å². The molecule has 0 saturated carbocycles. The highest BCUT2D eigenvalue weighted by Crippen LogP contribution is 2.45. The van der Waals surface area contributed by atoms with Crippen LogP contribution in [-0.2, 0) is 28.8 Å². The Bertz CT molecular complexity index is 1070. The summed E-state index contributed by atoms with van der Waals surface area (Å²) in [5, 5.41) is 1.20. The Morgan fingerprint density at radius 2 is 1.96 bits per heavy atom. The van der Waals surface area contributed by atoms with Crippen LogP contribution in [0.3, 0.4) is 0 Å². The Balaban J connectivity index is 2.09. The van der Waals surface area contributed by atoms with Crippen LogP contribution in [0.1, 0.15) is 40.1 Å². The molecule has 4 rings (SSSR count). The summed E-state index contributed by atoms with van der Waals surface area (Å²) in [5.41, 5.74) is 6.48. The van der Waals surface area contributed by atoms with Gasteiger partial charge in [-0.25, -0.2) is 4.98 Å². The van der Waals surface area contributed by atoms with Gasteiger partial charge >= 0.3 is 5.97 Å². The molecule has 4 nitrogen and oxygen atoms in total. The number of aromatic nitrogens is 1. The number of methoxy groups -OCH3 is 2.